The SMILES string of the molecule is Cc1ccc2c(c1)C(c1cc(C)cc(CCl)c1O)C(=O)O2. The van der Waals surface area contributed by atoms with E-state index in [1.807, 2.05) is 38.1 Å². The number of fused-ring (bicyclic) bond motifs is 1. The first-order chi connectivity index (χ1) is 10.0. The Morgan fingerprint density at radius 2 is 1.86 bits per heavy atom. The summed E-state index contributed by atoms with van der Waals surface area (Å²) in [6.45, 7) is 3.87. The third-order valence-corrected chi connectivity index (χ3v) is 4.03. The standard InChI is InChI=1S/C17H15ClO3/c1-9-3-4-14-12(6-9)15(17(20)21-14)13-7-10(2)5-11(8-18)16(13)19/h3-7,15,19H,8H2,1-2H3. The molecule has 0 spiro atoms. The second-order valence-corrected chi connectivity index (χ2v) is 5.66. The zero-order chi connectivity index (χ0) is 15.1. The highest BCUT2D eigenvalue weighted by Gasteiger charge is 2.36. The van der Waals surface area contributed by atoms with Crippen LogP contribution >= 0.6 is 11.6 Å². The molecule has 0 radical (unpaired) electrons. The summed E-state index contributed by atoms with van der Waals surface area (Å²) in [4.78, 5) is 12.2. The Balaban J connectivity index is 2.20. The Bertz CT molecular complexity index is 737. The molecule has 4 heteroatoms. The molecule has 0 aromatic heterocycles. The number of ether oxygens (including phenoxy) is 1. The molecule has 2 aromatic rings. The number of benzene rings is 2. The molecule has 0 fully saturated rings. The minimum absolute atomic E-state index is 0.0758. The average Bonchev–Trinajstić information content (AvgIpc) is 2.76. The highest BCUT2D eigenvalue weighted by Crippen LogP contribution is 2.43. The van der Waals surface area contributed by atoms with Crippen LogP contribution in [0.2, 0.25) is 0 Å². The third-order valence-electron chi connectivity index (χ3n) is 3.74. The first-order valence-electron chi connectivity index (χ1n) is 6.72. The zero-order valence-electron chi connectivity index (χ0n) is 11.8. The molecule has 0 saturated heterocycles. The molecular weight excluding hydrogens is 288 g/mol. The Labute approximate surface area is 128 Å². The number of aryl methyl sites for hydroxylation is 2. The van der Waals surface area contributed by atoms with Gasteiger partial charge in [-0.2, -0.15) is 0 Å². The lowest BCUT2D eigenvalue weighted by Crippen LogP contribution is -2.12. The van der Waals surface area contributed by atoms with Gasteiger partial charge in [0.15, 0.2) is 0 Å². The van der Waals surface area contributed by atoms with Crippen LogP contribution in [-0.2, 0) is 10.7 Å². The molecule has 0 aliphatic carbocycles. The van der Waals surface area contributed by atoms with Gasteiger partial charge in [-0.1, -0.05) is 35.4 Å². The van der Waals surface area contributed by atoms with Crippen LogP contribution in [0.25, 0.3) is 0 Å². The van der Waals surface area contributed by atoms with Gasteiger partial charge in [-0.15, -0.1) is 11.6 Å². The van der Waals surface area contributed by atoms with E-state index >= 15 is 0 Å². The van der Waals surface area contributed by atoms with Crippen molar-refractivity contribution in [2.75, 3.05) is 0 Å². The van der Waals surface area contributed by atoms with Crippen LogP contribution < -0.4 is 4.74 Å². The number of hydrogen-bond donors (Lipinski definition) is 1. The predicted molar refractivity (Wildman–Crippen MR) is 81.1 cm³/mol. The molecule has 3 rings (SSSR count). The minimum Gasteiger partial charge on any atom is -0.507 e. The van der Waals surface area contributed by atoms with Gasteiger partial charge in [0, 0.05) is 16.7 Å². The molecule has 21 heavy (non-hydrogen) atoms. The van der Waals surface area contributed by atoms with Gasteiger partial charge in [-0.25, -0.2) is 0 Å². The number of phenolic OH excluding ortho intramolecular Hbond substituents is 1. The molecule has 1 aliphatic heterocycles. The summed E-state index contributed by atoms with van der Waals surface area (Å²) in [5.41, 5.74) is 3.97. The highest BCUT2D eigenvalue weighted by molar-refractivity contribution is 6.17. The van der Waals surface area contributed by atoms with Crippen molar-refractivity contribution in [1.82, 2.24) is 0 Å². The van der Waals surface area contributed by atoms with Gasteiger partial charge in [0.25, 0.3) is 0 Å². The first kappa shape index (κ1) is 14.0. The molecule has 1 heterocycles. The van der Waals surface area contributed by atoms with Crippen LogP contribution in [0.15, 0.2) is 30.3 Å². The van der Waals surface area contributed by atoms with E-state index in [1.165, 1.54) is 0 Å². The zero-order valence-corrected chi connectivity index (χ0v) is 12.6. The smallest absolute Gasteiger partial charge is 0.323 e. The lowest BCUT2D eigenvalue weighted by Gasteiger charge is -2.14. The van der Waals surface area contributed by atoms with E-state index in [2.05, 4.69) is 0 Å². The van der Waals surface area contributed by atoms with Crippen molar-refractivity contribution < 1.29 is 14.6 Å². The fourth-order valence-corrected chi connectivity index (χ4v) is 2.98. The Kier molecular flexibility index (Phi) is 3.38. The van der Waals surface area contributed by atoms with Gasteiger partial charge in [0.2, 0.25) is 0 Å². The summed E-state index contributed by atoms with van der Waals surface area (Å²) in [6, 6.07) is 9.25. The second kappa shape index (κ2) is 5.08. The number of esters is 1. The average molecular weight is 303 g/mol. The number of phenols is 1. The summed E-state index contributed by atoms with van der Waals surface area (Å²) in [5, 5.41) is 10.4. The Hall–Kier alpha value is -2.00. The second-order valence-electron chi connectivity index (χ2n) is 5.39. The number of rotatable bonds is 2. The molecule has 3 nitrogen and oxygen atoms in total. The van der Waals surface area contributed by atoms with E-state index in [-0.39, 0.29) is 17.6 Å². The van der Waals surface area contributed by atoms with Gasteiger partial charge in [0.05, 0.1) is 5.88 Å². The maximum absolute atomic E-state index is 12.2. The molecule has 1 aliphatic rings. The molecule has 1 atom stereocenters. The van der Waals surface area contributed by atoms with Crippen LogP contribution in [0.5, 0.6) is 11.5 Å². The van der Waals surface area contributed by atoms with Crippen LogP contribution in [-0.4, -0.2) is 11.1 Å². The molecule has 108 valence electrons. The monoisotopic (exact) mass is 302 g/mol. The molecule has 0 amide bonds. The normalized spacial score (nSPS) is 16.7. The Morgan fingerprint density at radius 3 is 2.57 bits per heavy atom. The number of aromatic hydroxyl groups is 1. The van der Waals surface area contributed by atoms with Gasteiger partial charge >= 0.3 is 5.97 Å². The topological polar surface area (TPSA) is 46.5 Å². The first-order valence-corrected chi connectivity index (χ1v) is 7.25. The quantitative estimate of drug-likeness (QED) is 0.521. The number of carbonyl (C=O) groups excluding carboxylic acids is 1. The lowest BCUT2D eigenvalue weighted by atomic mass is 9.89. The van der Waals surface area contributed by atoms with Crippen molar-refractivity contribution in [1.29, 1.82) is 0 Å². The number of alkyl halides is 1. The summed E-state index contributed by atoms with van der Waals surface area (Å²) < 4.78 is 5.31. The number of hydrogen-bond acceptors (Lipinski definition) is 3. The fourth-order valence-electron chi connectivity index (χ4n) is 2.78. The molecule has 0 saturated carbocycles. The Morgan fingerprint density at radius 1 is 1.14 bits per heavy atom. The van der Waals surface area contributed by atoms with Crippen molar-refractivity contribution in [2.24, 2.45) is 0 Å². The predicted octanol–water partition coefficient (Wildman–Crippen LogP) is 3.80. The van der Waals surface area contributed by atoms with Gasteiger partial charge in [0.1, 0.15) is 17.4 Å². The van der Waals surface area contributed by atoms with E-state index in [1.54, 1.807) is 6.07 Å². The van der Waals surface area contributed by atoms with Crippen LogP contribution in [0.4, 0.5) is 0 Å². The van der Waals surface area contributed by atoms with Gasteiger partial charge in [-0.3, -0.25) is 4.79 Å². The van der Waals surface area contributed by atoms with E-state index in [0.717, 1.165) is 16.7 Å². The molecule has 2 aromatic carbocycles. The van der Waals surface area contributed by atoms with Crippen molar-refractivity contribution >= 4 is 17.6 Å². The number of halogens is 1. The van der Waals surface area contributed by atoms with Crippen molar-refractivity contribution in [3.8, 4) is 11.5 Å². The maximum atomic E-state index is 12.2. The van der Waals surface area contributed by atoms with Crippen LogP contribution in [0, 0.1) is 13.8 Å². The highest BCUT2D eigenvalue weighted by atomic mass is 35.5. The lowest BCUT2D eigenvalue weighted by molar-refractivity contribution is -0.133. The fraction of sp³-hybridized carbons (Fsp3) is 0.235. The van der Waals surface area contributed by atoms with Crippen molar-refractivity contribution in [3.63, 3.8) is 0 Å². The summed E-state index contributed by atoms with van der Waals surface area (Å²) in [5.74, 6) is -0.127. The van der Waals surface area contributed by atoms with Crippen molar-refractivity contribution in [2.45, 2.75) is 25.6 Å². The number of carbonyl (C=O) groups is 1. The molecule has 1 N–H and O–H groups in total. The van der Waals surface area contributed by atoms with E-state index in [4.69, 9.17) is 16.3 Å². The van der Waals surface area contributed by atoms with Gasteiger partial charge in [-0.05, 0) is 19.9 Å². The molecule has 0 bridgehead atoms. The van der Waals surface area contributed by atoms with Crippen molar-refractivity contribution in [3.05, 3.63) is 58.1 Å². The third kappa shape index (κ3) is 2.28. The summed E-state index contributed by atoms with van der Waals surface area (Å²) in [6.07, 6.45) is 0. The summed E-state index contributed by atoms with van der Waals surface area (Å²) >= 11 is 5.87. The minimum atomic E-state index is -0.596. The van der Waals surface area contributed by atoms with Gasteiger partial charge < -0.3 is 9.84 Å². The van der Waals surface area contributed by atoms with E-state index in [0.29, 0.717) is 16.9 Å². The molecular formula is C17H15ClO3. The largest absolute Gasteiger partial charge is 0.507 e. The van der Waals surface area contributed by atoms with E-state index < -0.39 is 5.92 Å². The van der Waals surface area contributed by atoms with Crippen LogP contribution in [0.3, 0.4) is 0 Å². The maximum Gasteiger partial charge on any atom is 0.323 e. The summed E-state index contributed by atoms with van der Waals surface area (Å²) in [7, 11) is 0. The van der Waals surface area contributed by atoms with Crippen LogP contribution in [0.1, 0.15) is 33.7 Å². The molecule has 1 unspecified atom stereocenters. The van der Waals surface area contributed by atoms with E-state index in [9.17, 15) is 9.90 Å².